The molecule has 1 aromatic heterocycles. The molecule has 0 saturated carbocycles. The van der Waals surface area contributed by atoms with E-state index in [1.807, 2.05) is 60.5 Å². The number of hydrogen-bond donors (Lipinski definition) is 1. The molecule has 0 saturated heterocycles. The second-order valence-electron chi connectivity index (χ2n) is 6.53. The topological polar surface area (TPSA) is 51.2 Å². The number of thioether (sulfide) groups is 1. The molecule has 0 unspecified atom stereocenters. The summed E-state index contributed by atoms with van der Waals surface area (Å²) in [5, 5.41) is 6.00. The van der Waals surface area contributed by atoms with Crippen molar-refractivity contribution in [3.8, 4) is 17.0 Å². The number of hydrogen-bond acceptors (Lipinski definition) is 5. The van der Waals surface area contributed by atoms with Crippen LogP contribution in [0.1, 0.15) is 26.3 Å². The first-order chi connectivity index (χ1) is 13.5. The second kappa shape index (κ2) is 9.75. The van der Waals surface area contributed by atoms with E-state index in [1.54, 1.807) is 0 Å². The smallest absolute Gasteiger partial charge is 0.230 e. The Labute approximate surface area is 174 Å². The summed E-state index contributed by atoms with van der Waals surface area (Å²) in [6, 6.07) is 16.0. The monoisotopic (exact) mass is 412 g/mol. The molecule has 3 aromatic rings. The molecule has 0 spiro atoms. The third-order valence-corrected chi connectivity index (χ3v) is 5.64. The van der Waals surface area contributed by atoms with Crippen LogP contribution >= 0.6 is 23.1 Å². The number of nitrogens with one attached hydrogen (secondary N) is 1. The molecule has 146 valence electrons. The summed E-state index contributed by atoms with van der Waals surface area (Å²) in [5.74, 6) is 0.782. The SMILES string of the molecule is CCOc1ccc(-c2csc(NC(=O)Cc3ccc(SC(C)C)cc3)n2)cc1. The standard InChI is InChI=1S/C22H24N2O2S2/c1-4-26-18-9-7-17(8-10-18)20-14-27-22(23-20)24-21(25)13-16-5-11-19(12-6-16)28-15(2)3/h5-12,14-15H,4,13H2,1-3H3,(H,23,24,25). The maximum atomic E-state index is 12.3. The number of anilines is 1. The summed E-state index contributed by atoms with van der Waals surface area (Å²) >= 11 is 3.25. The average Bonchev–Trinajstić information content (AvgIpc) is 3.12. The van der Waals surface area contributed by atoms with Crippen LogP contribution in [-0.4, -0.2) is 22.7 Å². The van der Waals surface area contributed by atoms with Gasteiger partial charge in [-0.1, -0.05) is 26.0 Å². The van der Waals surface area contributed by atoms with Crippen molar-refractivity contribution >= 4 is 34.1 Å². The number of aromatic nitrogens is 1. The van der Waals surface area contributed by atoms with Gasteiger partial charge in [-0.15, -0.1) is 23.1 Å². The fourth-order valence-electron chi connectivity index (χ4n) is 2.66. The molecular formula is C22H24N2O2S2. The molecule has 1 heterocycles. The molecule has 0 aliphatic carbocycles. The number of carbonyl (C=O) groups is 1. The molecule has 6 heteroatoms. The van der Waals surface area contributed by atoms with Gasteiger partial charge in [0.15, 0.2) is 5.13 Å². The highest BCUT2D eigenvalue weighted by Crippen LogP contribution is 2.27. The first-order valence-electron chi connectivity index (χ1n) is 9.27. The van der Waals surface area contributed by atoms with Crippen LogP contribution in [-0.2, 0) is 11.2 Å². The van der Waals surface area contributed by atoms with Crippen LogP contribution in [0.5, 0.6) is 5.75 Å². The minimum atomic E-state index is -0.0585. The normalized spacial score (nSPS) is 10.9. The Hall–Kier alpha value is -2.31. The van der Waals surface area contributed by atoms with Gasteiger partial charge in [0.2, 0.25) is 5.91 Å². The molecule has 0 aliphatic rings. The molecule has 1 N–H and O–H groups in total. The molecule has 4 nitrogen and oxygen atoms in total. The van der Waals surface area contributed by atoms with Gasteiger partial charge < -0.3 is 10.1 Å². The molecule has 0 radical (unpaired) electrons. The summed E-state index contributed by atoms with van der Waals surface area (Å²) in [5.41, 5.74) is 2.84. The van der Waals surface area contributed by atoms with Gasteiger partial charge in [0.1, 0.15) is 5.75 Å². The fourth-order valence-corrected chi connectivity index (χ4v) is 4.23. The Morgan fingerprint density at radius 2 is 1.86 bits per heavy atom. The molecule has 0 bridgehead atoms. The first kappa shape index (κ1) is 20.4. The summed E-state index contributed by atoms with van der Waals surface area (Å²) < 4.78 is 5.46. The maximum absolute atomic E-state index is 12.3. The van der Waals surface area contributed by atoms with Crippen LogP contribution in [0.4, 0.5) is 5.13 Å². The van der Waals surface area contributed by atoms with Crippen LogP contribution in [0, 0.1) is 0 Å². The lowest BCUT2D eigenvalue weighted by Gasteiger charge is -2.06. The van der Waals surface area contributed by atoms with Crippen molar-refractivity contribution in [2.45, 2.75) is 37.3 Å². The molecular weight excluding hydrogens is 388 g/mol. The van der Waals surface area contributed by atoms with Crippen LogP contribution < -0.4 is 10.1 Å². The zero-order valence-electron chi connectivity index (χ0n) is 16.3. The van der Waals surface area contributed by atoms with Crippen molar-refractivity contribution in [3.05, 3.63) is 59.5 Å². The highest BCUT2D eigenvalue weighted by molar-refractivity contribution is 7.99. The fraction of sp³-hybridized carbons (Fsp3) is 0.273. The van der Waals surface area contributed by atoms with E-state index in [1.165, 1.54) is 16.2 Å². The third-order valence-electron chi connectivity index (χ3n) is 3.87. The largest absolute Gasteiger partial charge is 0.494 e. The molecule has 0 aliphatic heterocycles. The van der Waals surface area contributed by atoms with Crippen molar-refractivity contribution in [1.29, 1.82) is 0 Å². The minimum Gasteiger partial charge on any atom is -0.494 e. The molecule has 0 fully saturated rings. The molecule has 1 amide bonds. The molecule has 28 heavy (non-hydrogen) atoms. The Bertz CT molecular complexity index is 903. The average molecular weight is 413 g/mol. The summed E-state index contributed by atoms with van der Waals surface area (Å²) in [6.45, 7) is 6.94. The number of benzene rings is 2. The van der Waals surface area contributed by atoms with Gasteiger partial charge in [0.25, 0.3) is 0 Å². The highest BCUT2D eigenvalue weighted by Gasteiger charge is 2.09. The van der Waals surface area contributed by atoms with E-state index in [9.17, 15) is 4.79 Å². The van der Waals surface area contributed by atoms with Gasteiger partial charge in [-0.2, -0.15) is 0 Å². The van der Waals surface area contributed by atoms with Gasteiger partial charge in [-0.25, -0.2) is 4.98 Å². The van der Waals surface area contributed by atoms with E-state index >= 15 is 0 Å². The summed E-state index contributed by atoms with van der Waals surface area (Å²) in [6.07, 6.45) is 0.338. The van der Waals surface area contributed by atoms with Crippen molar-refractivity contribution in [2.75, 3.05) is 11.9 Å². The third kappa shape index (κ3) is 5.84. The number of thiazole rings is 1. The zero-order chi connectivity index (χ0) is 19.9. The Balaban J connectivity index is 1.57. The van der Waals surface area contributed by atoms with E-state index in [-0.39, 0.29) is 5.91 Å². The second-order valence-corrected chi connectivity index (χ2v) is 9.04. The lowest BCUT2D eigenvalue weighted by molar-refractivity contribution is -0.115. The quantitative estimate of drug-likeness (QED) is 0.469. The van der Waals surface area contributed by atoms with Crippen molar-refractivity contribution in [1.82, 2.24) is 4.98 Å². The zero-order valence-corrected chi connectivity index (χ0v) is 17.9. The van der Waals surface area contributed by atoms with Crippen LogP contribution in [0.2, 0.25) is 0 Å². The van der Waals surface area contributed by atoms with Crippen molar-refractivity contribution in [3.63, 3.8) is 0 Å². The van der Waals surface area contributed by atoms with Gasteiger partial charge >= 0.3 is 0 Å². The Morgan fingerprint density at radius 3 is 2.50 bits per heavy atom. The number of rotatable bonds is 8. The van der Waals surface area contributed by atoms with Crippen molar-refractivity contribution < 1.29 is 9.53 Å². The van der Waals surface area contributed by atoms with E-state index in [0.29, 0.717) is 23.4 Å². The van der Waals surface area contributed by atoms with Crippen LogP contribution in [0.25, 0.3) is 11.3 Å². The Morgan fingerprint density at radius 1 is 1.14 bits per heavy atom. The first-order valence-corrected chi connectivity index (χ1v) is 11.0. The van der Waals surface area contributed by atoms with E-state index < -0.39 is 0 Å². The number of amides is 1. The van der Waals surface area contributed by atoms with E-state index in [4.69, 9.17) is 4.74 Å². The van der Waals surface area contributed by atoms with Gasteiger partial charge in [0, 0.05) is 21.1 Å². The number of carbonyl (C=O) groups excluding carboxylic acids is 1. The minimum absolute atomic E-state index is 0.0585. The number of ether oxygens (including phenoxy) is 1. The van der Waals surface area contributed by atoms with Crippen molar-refractivity contribution in [2.24, 2.45) is 0 Å². The lowest BCUT2D eigenvalue weighted by Crippen LogP contribution is -2.14. The van der Waals surface area contributed by atoms with E-state index in [0.717, 1.165) is 22.6 Å². The predicted molar refractivity (Wildman–Crippen MR) is 118 cm³/mol. The molecule has 0 atom stereocenters. The van der Waals surface area contributed by atoms with E-state index in [2.05, 4.69) is 36.3 Å². The van der Waals surface area contributed by atoms with Gasteiger partial charge in [0.05, 0.1) is 18.7 Å². The van der Waals surface area contributed by atoms with Crippen LogP contribution in [0.15, 0.2) is 58.8 Å². The maximum Gasteiger partial charge on any atom is 0.230 e. The highest BCUT2D eigenvalue weighted by atomic mass is 32.2. The lowest BCUT2D eigenvalue weighted by atomic mass is 10.1. The van der Waals surface area contributed by atoms with Crippen LogP contribution in [0.3, 0.4) is 0 Å². The molecule has 3 rings (SSSR count). The summed E-state index contributed by atoms with van der Waals surface area (Å²) in [4.78, 5) is 18.1. The Kier molecular flexibility index (Phi) is 7.12. The summed E-state index contributed by atoms with van der Waals surface area (Å²) in [7, 11) is 0. The van der Waals surface area contributed by atoms with Gasteiger partial charge in [-0.3, -0.25) is 4.79 Å². The van der Waals surface area contributed by atoms with Gasteiger partial charge in [-0.05, 0) is 48.9 Å². The number of nitrogens with zero attached hydrogens (tertiary/aromatic N) is 1. The molecule has 2 aromatic carbocycles. The predicted octanol–water partition coefficient (Wildman–Crippen LogP) is 5.89.